The van der Waals surface area contributed by atoms with Crippen LogP contribution in [0.3, 0.4) is 0 Å². The SMILES string of the molecule is CCN(c1ccccc1C)c1cc(C)nc(C)c1CN. The first-order chi connectivity index (χ1) is 9.58. The topological polar surface area (TPSA) is 42.2 Å². The van der Waals surface area contributed by atoms with Crippen LogP contribution in [-0.2, 0) is 6.54 Å². The van der Waals surface area contributed by atoms with Crippen LogP contribution in [-0.4, -0.2) is 11.5 Å². The molecule has 0 aliphatic rings. The molecule has 3 nitrogen and oxygen atoms in total. The van der Waals surface area contributed by atoms with Crippen molar-refractivity contribution in [2.24, 2.45) is 5.73 Å². The fourth-order valence-corrected chi connectivity index (χ4v) is 2.66. The molecule has 2 aromatic rings. The van der Waals surface area contributed by atoms with Gasteiger partial charge in [0.05, 0.1) is 0 Å². The molecule has 1 aromatic carbocycles. The van der Waals surface area contributed by atoms with Crippen LogP contribution in [0.4, 0.5) is 11.4 Å². The molecule has 0 saturated carbocycles. The molecule has 2 N–H and O–H groups in total. The maximum Gasteiger partial charge on any atom is 0.0492 e. The van der Waals surface area contributed by atoms with Crippen LogP contribution < -0.4 is 10.6 Å². The number of hydrogen-bond acceptors (Lipinski definition) is 3. The number of pyridine rings is 1. The van der Waals surface area contributed by atoms with Gasteiger partial charge >= 0.3 is 0 Å². The van der Waals surface area contributed by atoms with Crippen molar-refractivity contribution in [3.05, 3.63) is 52.8 Å². The molecule has 0 aliphatic heterocycles. The van der Waals surface area contributed by atoms with Crippen LogP contribution in [0.2, 0.25) is 0 Å². The molecule has 20 heavy (non-hydrogen) atoms. The second-order valence-electron chi connectivity index (χ2n) is 5.08. The Balaban J connectivity index is 2.61. The molecule has 0 fully saturated rings. The lowest BCUT2D eigenvalue weighted by molar-refractivity contribution is 0.939. The first-order valence-corrected chi connectivity index (χ1v) is 7.08. The maximum atomic E-state index is 5.94. The minimum atomic E-state index is 0.511. The van der Waals surface area contributed by atoms with E-state index in [4.69, 9.17) is 5.73 Å². The maximum absolute atomic E-state index is 5.94. The average molecular weight is 269 g/mol. The summed E-state index contributed by atoms with van der Waals surface area (Å²) in [6.07, 6.45) is 0. The van der Waals surface area contributed by atoms with Crippen LogP contribution in [0.15, 0.2) is 30.3 Å². The Hall–Kier alpha value is -1.87. The third-order valence-electron chi connectivity index (χ3n) is 3.65. The predicted octanol–water partition coefficient (Wildman–Crippen LogP) is 3.62. The number of para-hydroxylation sites is 1. The molecule has 0 bridgehead atoms. The fourth-order valence-electron chi connectivity index (χ4n) is 2.66. The van der Waals surface area contributed by atoms with E-state index in [0.29, 0.717) is 6.54 Å². The van der Waals surface area contributed by atoms with E-state index in [1.54, 1.807) is 0 Å². The minimum absolute atomic E-state index is 0.511. The first kappa shape index (κ1) is 14.5. The predicted molar refractivity (Wildman–Crippen MR) is 85.5 cm³/mol. The van der Waals surface area contributed by atoms with Gasteiger partial charge in [-0.3, -0.25) is 4.98 Å². The monoisotopic (exact) mass is 269 g/mol. The summed E-state index contributed by atoms with van der Waals surface area (Å²) in [7, 11) is 0. The van der Waals surface area contributed by atoms with E-state index in [1.807, 2.05) is 13.8 Å². The van der Waals surface area contributed by atoms with Crippen LogP contribution >= 0.6 is 0 Å². The van der Waals surface area contributed by atoms with E-state index in [1.165, 1.54) is 16.9 Å². The number of aromatic nitrogens is 1. The highest BCUT2D eigenvalue weighted by molar-refractivity contribution is 5.69. The number of nitrogens with zero attached hydrogens (tertiary/aromatic N) is 2. The molecule has 2 rings (SSSR count). The van der Waals surface area contributed by atoms with Crippen molar-refractivity contribution in [1.29, 1.82) is 0 Å². The summed E-state index contributed by atoms with van der Waals surface area (Å²) < 4.78 is 0. The zero-order chi connectivity index (χ0) is 14.7. The minimum Gasteiger partial charge on any atom is -0.341 e. The Morgan fingerprint density at radius 1 is 1.10 bits per heavy atom. The van der Waals surface area contributed by atoms with Gasteiger partial charge in [-0.25, -0.2) is 0 Å². The van der Waals surface area contributed by atoms with Crippen LogP contribution in [0, 0.1) is 20.8 Å². The van der Waals surface area contributed by atoms with Crippen molar-refractivity contribution in [2.75, 3.05) is 11.4 Å². The zero-order valence-electron chi connectivity index (χ0n) is 12.8. The highest BCUT2D eigenvalue weighted by atomic mass is 15.1. The summed E-state index contributed by atoms with van der Waals surface area (Å²) >= 11 is 0. The number of hydrogen-bond donors (Lipinski definition) is 1. The van der Waals surface area contributed by atoms with Crippen LogP contribution in [0.1, 0.15) is 29.4 Å². The Bertz CT molecular complexity index is 605. The molecule has 0 unspecified atom stereocenters. The van der Waals surface area contributed by atoms with E-state index in [-0.39, 0.29) is 0 Å². The summed E-state index contributed by atoms with van der Waals surface area (Å²) in [6.45, 7) is 9.78. The molecular formula is C17H23N3. The quantitative estimate of drug-likeness (QED) is 0.921. The number of rotatable bonds is 4. The van der Waals surface area contributed by atoms with E-state index in [9.17, 15) is 0 Å². The van der Waals surface area contributed by atoms with E-state index in [0.717, 1.165) is 23.5 Å². The lowest BCUT2D eigenvalue weighted by atomic mass is 10.1. The van der Waals surface area contributed by atoms with Crippen LogP contribution in [0.25, 0.3) is 0 Å². The summed E-state index contributed by atoms with van der Waals surface area (Å²) in [5.74, 6) is 0. The molecule has 0 spiro atoms. The van der Waals surface area contributed by atoms with E-state index >= 15 is 0 Å². The number of benzene rings is 1. The van der Waals surface area contributed by atoms with Crippen molar-refractivity contribution in [3.63, 3.8) is 0 Å². The lowest BCUT2D eigenvalue weighted by Gasteiger charge is -2.28. The summed E-state index contributed by atoms with van der Waals surface area (Å²) in [4.78, 5) is 6.85. The van der Waals surface area contributed by atoms with Gasteiger partial charge in [-0.05, 0) is 45.4 Å². The normalized spacial score (nSPS) is 10.7. The zero-order valence-corrected chi connectivity index (χ0v) is 12.8. The van der Waals surface area contributed by atoms with Crippen molar-refractivity contribution >= 4 is 11.4 Å². The fraction of sp³-hybridized carbons (Fsp3) is 0.353. The summed E-state index contributed by atoms with van der Waals surface area (Å²) in [5.41, 5.74) is 12.8. The molecule has 0 amide bonds. The van der Waals surface area contributed by atoms with Gasteiger partial charge in [-0.15, -0.1) is 0 Å². The molecule has 0 atom stereocenters. The molecule has 106 valence electrons. The molecule has 1 heterocycles. The van der Waals surface area contributed by atoms with Crippen LogP contribution in [0.5, 0.6) is 0 Å². The van der Waals surface area contributed by atoms with Gasteiger partial charge in [0, 0.05) is 41.4 Å². The highest BCUT2D eigenvalue weighted by Gasteiger charge is 2.15. The average Bonchev–Trinajstić information content (AvgIpc) is 2.41. The summed E-state index contributed by atoms with van der Waals surface area (Å²) in [5, 5.41) is 0. The largest absolute Gasteiger partial charge is 0.341 e. The first-order valence-electron chi connectivity index (χ1n) is 7.08. The van der Waals surface area contributed by atoms with Crippen molar-refractivity contribution < 1.29 is 0 Å². The lowest BCUT2D eigenvalue weighted by Crippen LogP contribution is -2.21. The van der Waals surface area contributed by atoms with Gasteiger partial charge in [0.25, 0.3) is 0 Å². The standard InChI is InChI=1S/C17H23N3/c1-5-20(16-9-7-6-8-12(16)2)17-10-13(3)19-14(4)15(17)11-18/h6-10H,5,11,18H2,1-4H3. The van der Waals surface area contributed by atoms with Gasteiger partial charge in [-0.2, -0.15) is 0 Å². The third-order valence-corrected chi connectivity index (χ3v) is 3.65. The third kappa shape index (κ3) is 2.68. The van der Waals surface area contributed by atoms with Crippen molar-refractivity contribution in [2.45, 2.75) is 34.2 Å². The highest BCUT2D eigenvalue weighted by Crippen LogP contribution is 2.32. The van der Waals surface area contributed by atoms with Crippen molar-refractivity contribution in [1.82, 2.24) is 4.98 Å². The van der Waals surface area contributed by atoms with Gasteiger partial charge in [-0.1, -0.05) is 18.2 Å². The summed E-state index contributed by atoms with van der Waals surface area (Å²) in [6, 6.07) is 10.6. The van der Waals surface area contributed by atoms with E-state index < -0.39 is 0 Å². The molecule has 3 heteroatoms. The second-order valence-corrected chi connectivity index (χ2v) is 5.08. The smallest absolute Gasteiger partial charge is 0.0492 e. The number of anilines is 2. The number of nitrogens with two attached hydrogens (primary N) is 1. The van der Waals surface area contributed by atoms with E-state index in [2.05, 4.69) is 54.1 Å². The van der Waals surface area contributed by atoms with Gasteiger partial charge in [0.1, 0.15) is 0 Å². The Morgan fingerprint density at radius 2 is 1.80 bits per heavy atom. The van der Waals surface area contributed by atoms with Gasteiger partial charge in [0.2, 0.25) is 0 Å². The second kappa shape index (κ2) is 6.06. The molecular weight excluding hydrogens is 246 g/mol. The Morgan fingerprint density at radius 3 is 2.40 bits per heavy atom. The van der Waals surface area contributed by atoms with Gasteiger partial charge < -0.3 is 10.6 Å². The number of aryl methyl sites for hydroxylation is 3. The Labute approximate surface area is 121 Å². The molecule has 0 aliphatic carbocycles. The van der Waals surface area contributed by atoms with Gasteiger partial charge in [0.15, 0.2) is 0 Å². The molecule has 1 aromatic heterocycles. The molecule has 0 radical (unpaired) electrons. The van der Waals surface area contributed by atoms with Crippen molar-refractivity contribution in [3.8, 4) is 0 Å². The molecule has 0 saturated heterocycles. The Kier molecular flexibility index (Phi) is 4.40.